The van der Waals surface area contributed by atoms with E-state index in [0.717, 1.165) is 25.7 Å². The Labute approximate surface area is 103 Å². The van der Waals surface area contributed by atoms with Gasteiger partial charge in [0.15, 0.2) is 0 Å². The van der Waals surface area contributed by atoms with E-state index in [4.69, 9.17) is 0 Å². The van der Waals surface area contributed by atoms with Crippen molar-refractivity contribution in [2.75, 3.05) is 20.1 Å². The van der Waals surface area contributed by atoms with E-state index in [-0.39, 0.29) is 12.4 Å². The zero-order valence-corrected chi connectivity index (χ0v) is 11.2. The van der Waals surface area contributed by atoms with E-state index in [0.29, 0.717) is 0 Å². The van der Waals surface area contributed by atoms with Crippen LogP contribution in [0.5, 0.6) is 0 Å². The van der Waals surface area contributed by atoms with Crippen LogP contribution in [0.2, 0.25) is 0 Å². The van der Waals surface area contributed by atoms with Gasteiger partial charge in [0.1, 0.15) is 0 Å². The van der Waals surface area contributed by atoms with Gasteiger partial charge >= 0.3 is 0 Å². The molecule has 2 rings (SSSR count). The van der Waals surface area contributed by atoms with Gasteiger partial charge in [0.25, 0.3) is 0 Å². The molecule has 1 aromatic heterocycles. The molecular weight excluding hydrogens is 284 g/mol. The third-order valence-electron chi connectivity index (χ3n) is 2.44. The van der Waals surface area contributed by atoms with Crippen LogP contribution in [-0.4, -0.2) is 31.1 Å². The average molecular weight is 298 g/mol. The third-order valence-corrected chi connectivity index (χ3v) is 3.99. The van der Waals surface area contributed by atoms with Crippen LogP contribution in [0.4, 0.5) is 0 Å². The van der Waals surface area contributed by atoms with Crippen molar-refractivity contribution < 1.29 is 0 Å². The topological polar surface area (TPSA) is 15.3 Å². The summed E-state index contributed by atoms with van der Waals surface area (Å²) in [6, 6.07) is 2.94. The van der Waals surface area contributed by atoms with Crippen LogP contribution < -0.4 is 5.32 Å². The number of hydrogen-bond acceptors (Lipinski definition) is 3. The summed E-state index contributed by atoms with van der Waals surface area (Å²) in [5.74, 6) is 0. The highest BCUT2D eigenvalue weighted by Gasteiger charge is 2.21. The summed E-state index contributed by atoms with van der Waals surface area (Å²) >= 11 is 5.24. The Hall–Kier alpha value is 0.390. The molecule has 0 bridgehead atoms. The van der Waals surface area contributed by atoms with Crippen LogP contribution in [-0.2, 0) is 6.54 Å². The van der Waals surface area contributed by atoms with E-state index in [1.807, 2.05) is 0 Å². The lowest BCUT2D eigenvalue weighted by molar-refractivity contribution is 0.173. The first-order chi connectivity index (χ1) is 6.25. The molecule has 0 radical (unpaired) electrons. The minimum Gasteiger partial charge on any atom is -0.314 e. The van der Waals surface area contributed by atoms with Crippen molar-refractivity contribution in [2.24, 2.45) is 0 Å². The summed E-state index contributed by atoms with van der Waals surface area (Å²) in [6.07, 6.45) is 0. The molecule has 1 aromatic rings. The lowest BCUT2D eigenvalue weighted by Gasteiger charge is -2.35. The molecule has 0 unspecified atom stereocenters. The molecule has 1 saturated heterocycles. The number of likely N-dealkylation sites (N-methyl/N-ethyl adjacent to an activating group) is 1. The quantitative estimate of drug-likeness (QED) is 0.921. The Balaban J connectivity index is 0.000000980. The molecule has 0 amide bonds. The van der Waals surface area contributed by atoms with Gasteiger partial charge in [-0.3, -0.25) is 4.90 Å². The zero-order valence-electron chi connectivity index (χ0n) is 8.00. The smallest absolute Gasteiger partial charge is 0.0701 e. The highest BCUT2D eigenvalue weighted by molar-refractivity contribution is 9.11. The lowest BCUT2D eigenvalue weighted by atomic mass is 10.1. The van der Waals surface area contributed by atoms with Crippen LogP contribution in [0.15, 0.2) is 15.2 Å². The molecule has 1 N–H and O–H groups in total. The molecule has 0 atom stereocenters. The van der Waals surface area contributed by atoms with Gasteiger partial charge in [-0.25, -0.2) is 0 Å². The SMILES string of the molecule is CN(Cc1csc(Br)c1)C1CNC1.Cl. The van der Waals surface area contributed by atoms with Crippen molar-refractivity contribution in [3.8, 4) is 0 Å². The van der Waals surface area contributed by atoms with E-state index in [1.54, 1.807) is 11.3 Å². The monoisotopic (exact) mass is 296 g/mol. The summed E-state index contributed by atoms with van der Waals surface area (Å²) in [6.45, 7) is 3.35. The number of rotatable bonds is 3. The number of halogens is 2. The molecule has 1 fully saturated rings. The van der Waals surface area contributed by atoms with Gasteiger partial charge in [-0.1, -0.05) is 0 Å². The highest BCUT2D eigenvalue weighted by atomic mass is 79.9. The molecule has 0 spiro atoms. The predicted octanol–water partition coefficient (Wildman–Crippen LogP) is 2.34. The Morgan fingerprint density at radius 1 is 1.64 bits per heavy atom. The molecule has 1 aliphatic heterocycles. The second kappa shape index (κ2) is 5.47. The Morgan fingerprint density at radius 3 is 2.79 bits per heavy atom. The van der Waals surface area contributed by atoms with E-state index >= 15 is 0 Å². The Bertz CT molecular complexity index is 288. The molecule has 14 heavy (non-hydrogen) atoms. The summed E-state index contributed by atoms with van der Waals surface area (Å²) in [5.41, 5.74) is 1.41. The van der Waals surface area contributed by atoms with E-state index in [9.17, 15) is 0 Å². The van der Waals surface area contributed by atoms with Crippen molar-refractivity contribution in [3.63, 3.8) is 0 Å². The Morgan fingerprint density at radius 2 is 2.36 bits per heavy atom. The van der Waals surface area contributed by atoms with Crippen LogP contribution in [0.25, 0.3) is 0 Å². The summed E-state index contributed by atoms with van der Waals surface area (Å²) in [4.78, 5) is 2.41. The molecule has 0 aromatic carbocycles. The molecule has 2 nitrogen and oxygen atoms in total. The highest BCUT2D eigenvalue weighted by Crippen LogP contribution is 2.22. The van der Waals surface area contributed by atoms with E-state index in [2.05, 4.69) is 44.6 Å². The van der Waals surface area contributed by atoms with Gasteiger partial charge in [-0.2, -0.15) is 0 Å². The van der Waals surface area contributed by atoms with Crippen LogP contribution in [0.1, 0.15) is 5.56 Å². The van der Waals surface area contributed by atoms with Gasteiger partial charge < -0.3 is 5.32 Å². The Kier molecular flexibility index (Phi) is 4.87. The summed E-state index contributed by atoms with van der Waals surface area (Å²) < 4.78 is 1.22. The number of thiophene rings is 1. The second-order valence-corrected chi connectivity index (χ2v) is 5.78. The molecule has 0 saturated carbocycles. The fourth-order valence-electron chi connectivity index (χ4n) is 1.43. The first-order valence-corrected chi connectivity index (χ1v) is 6.07. The summed E-state index contributed by atoms with van der Waals surface area (Å²) in [5, 5.41) is 5.50. The zero-order chi connectivity index (χ0) is 9.26. The number of hydrogen-bond donors (Lipinski definition) is 1. The molecule has 2 heterocycles. The standard InChI is InChI=1S/C9H13BrN2S.ClH/c1-12(8-3-11-4-8)5-7-2-9(10)13-6-7;/h2,6,8,11H,3-5H2,1H3;1H. The lowest BCUT2D eigenvalue weighted by Crippen LogP contribution is -2.55. The van der Waals surface area contributed by atoms with E-state index < -0.39 is 0 Å². The third kappa shape index (κ3) is 2.94. The molecular formula is C9H14BrClN2S. The minimum atomic E-state index is 0. The second-order valence-electron chi connectivity index (χ2n) is 3.49. The fraction of sp³-hybridized carbons (Fsp3) is 0.556. The summed E-state index contributed by atoms with van der Waals surface area (Å²) in [7, 11) is 2.19. The maximum atomic E-state index is 3.48. The maximum absolute atomic E-state index is 3.48. The van der Waals surface area contributed by atoms with Gasteiger partial charge in [0.2, 0.25) is 0 Å². The van der Waals surface area contributed by atoms with E-state index in [1.165, 1.54) is 9.35 Å². The molecule has 80 valence electrons. The van der Waals surface area contributed by atoms with Gasteiger partial charge in [0, 0.05) is 25.7 Å². The fourth-order valence-corrected chi connectivity index (χ4v) is 2.63. The molecule has 1 aliphatic rings. The number of nitrogens with zero attached hydrogens (tertiary/aromatic N) is 1. The molecule has 0 aliphatic carbocycles. The van der Waals surface area contributed by atoms with Gasteiger partial charge in [-0.05, 0) is 40.0 Å². The van der Waals surface area contributed by atoms with Crippen molar-refractivity contribution in [1.29, 1.82) is 0 Å². The largest absolute Gasteiger partial charge is 0.314 e. The van der Waals surface area contributed by atoms with Crippen molar-refractivity contribution in [1.82, 2.24) is 10.2 Å². The van der Waals surface area contributed by atoms with Gasteiger partial charge in [0.05, 0.1) is 3.79 Å². The molecule has 5 heteroatoms. The van der Waals surface area contributed by atoms with Crippen LogP contribution in [0, 0.1) is 0 Å². The van der Waals surface area contributed by atoms with Crippen molar-refractivity contribution in [3.05, 3.63) is 20.8 Å². The predicted molar refractivity (Wildman–Crippen MR) is 67.4 cm³/mol. The van der Waals surface area contributed by atoms with Crippen molar-refractivity contribution >= 4 is 39.7 Å². The first-order valence-electron chi connectivity index (χ1n) is 4.39. The minimum absolute atomic E-state index is 0. The normalized spacial score (nSPS) is 16.5. The van der Waals surface area contributed by atoms with Crippen LogP contribution >= 0.6 is 39.7 Å². The first kappa shape index (κ1) is 12.5. The van der Waals surface area contributed by atoms with Crippen LogP contribution in [0.3, 0.4) is 0 Å². The maximum Gasteiger partial charge on any atom is 0.0701 e. The number of nitrogens with one attached hydrogen (secondary N) is 1. The van der Waals surface area contributed by atoms with Crippen molar-refractivity contribution in [2.45, 2.75) is 12.6 Å². The van der Waals surface area contributed by atoms with Gasteiger partial charge in [-0.15, -0.1) is 23.7 Å². The average Bonchev–Trinajstić information content (AvgIpc) is 2.31.